The molecule has 3 N–H and O–H groups in total. The molecule has 1 aromatic rings. The lowest BCUT2D eigenvalue weighted by molar-refractivity contribution is -0.133. The molecule has 20 heavy (non-hydrogen) atoms. The van der Waals surface area contributed by atoms with E-state index in [0.717, 1.165) is 38.2 Å². The van der Waals surface area contributed by atoms with E-state index in [-0.39, 0.29) is 17.4 Å². The van der Waals surface area contributed by atoms with Crippen molar-refractivity contribution in [2.45, 2.75) is 46.1 Å². The van der Waals surface area contributed by atoms with Crippen molar-refractivity contribution >= 4 is 5.91 Å². The van der Waals surface area contributed by atoms with Crippen LogP contribution < -0.4 is 10.6 Å². The van der Waals surface area contributed by atoms with E-state index in [4.69, 9.17) is 0 Å². The van der Waals surface area contributed by atoms with Crippen LogP contribution in [0.25, 0.3) is 0 Å². The number of hydrogen-bond acceptors (Lipinski definition) is 3. The van der Waals surface area contributed by atoms with Crippen molar-refractivity contribution in [3.8, 4) is 0 Å². The number of nitrogens with zero attached hydrogens (tertiary/aromatic N) is 1. The molecular formula is C15H26N4O. The van der Waals surface area contributed by atoms with Crippen molar-refractivity contribution in [3.63, 3.8) is 0 Å². The van der Waals surface area contributed by atoms with Crippen molar-refractivity contribution in [2.24, 2.45) is 11.3 Å². The molecule has 5 nitrogen and oxygen atoms in total. The average molecular weight is 278 g/mol. The van der Waals surface area contributed by atoms with Crippen LogP contribution in [-0.2, 0) is 4.79 Å². The molecule has 1 aliphatic heterocycles. The highest BCUT2D eigenvalue weighted by Crippen LogP contribution is 2.32. The van der Waals surface area contributed by atoms with Gasteiger partial charge in [0.1, 0.15) is 5.82 Å². The number of imidazole rings is 1. The molecule has 2 unspecified atom stereocenters. The maximum Gasteiger partial charge on any atom is 0.226 e. The highest BCUT2D eigenvalue weighted by atomic mass is 16.2. The summed E-state index contributed by atoms with van der Waals surface area (Å²) in [6.07, 6.45) is 6.61. The topological polar surface area (TPSA) is 69.8 Å². The molecule has 0 aromatic carbocycles. The van der Waals surface area contributed by atoms with E-state index in [9.17, 15) is 4.79 Å². The van der Waals surface area contributed by atoms with Crippen LogP contribution in [0.1, 0.15) is 51.9 Å². The molecule has 0 spiro atoms. The molecule has 0 aliphatic carbocycles. The van der Waals surface area contributed by atoms with Crippen LogP contribution in [0.5, 0.6) is 0 Å². The summed E-state index contributed by atoms with van der Waals surface area (Å²) in [5.74, 6) is 1.35. The number of aromatic nitrogens is 2. The number of carbonyl (C=O) groups is 1. The highest BCUT2D eigenvalue weighted by Gasteiger charge is 2.38. The Morgan fingerprint density at radius 2 is 2.40 bits per heavy atom. The lowest BCUT2D eigenvalue weighted by atomic mass is 9.74. The molecule has 2 atom stereocenters. The van der Waals surface area contributed by atoms with Crippen LogP contribution in [0.15, 0.2) is 12.4 Å². The van der Waals surface area contributed by atoms with Gasteiger partial charge >= 0.3 is 0 Å². The predicted molar refractivity (Wildman–Crippen MR) is 79.1 cm³/mol. The SMILES string of the molecule is CCC(NC(=O)C(C)(C)C1CCCNC1)c1ncc[nH]1. The maximum atomic E-state index is 12.6. The quantitative estimate of drug-likeness (QED) is 0.771. The summed E-state index contributed by atoms with van der Waals surface area (Å²) >= 11 is 0. The Labute approximate surface area is 120 Å². The Balaban J connectivity index is 2.02. The first-order valence-corrected chi connectivity index (χ1v) is 7.56. The van der Waals surface area contributed by atoms with Gasteiger partial charge in [0.25, 0.3) is 0 Å². The molecule has 1 amide bonds. The number of H-pyrrole nitrogens is 1. The largest absolute Gasteiger partial charge is 0.347 e. The first-order chi connectivity index (χ1) is 9.55. The van der Waals surface area contributed by atoms with Crippen molar-refractivity contribution < 1.29 is 4.79 Å². The van der Waals surface area contributed by atoms with E-state index in [0.29, 0.717) is 5.92 Å². The molecule has 0 radical (unpaired) electrons. The van der Waals surface area contributed by atoms with Crippen LogP contribution >= 0.6 is 0 Å². The lowest BCUT2D eigenvalue weighted by Crippen LogP contribution is -2.48. The van der Waals surface area contributed by atoms with Gasteiger partial charge in [0.15, 0.2) is 0 Å². The number of piperidine rings is 1. The normalized spacial score (nSPS) is 21.4. The first kappa shape index (κ1) is 15.0. The minimum atomic E-state index is -0.354. The fraction of sp³-hybridized carbons (Fsp3) is 0.733. The Hall–Kier alpha value is -1.36. The molecule has 1 aliphatic rings. The molecule has 2 rings (SSSR count). The second-order valence-electron chi connectivity index (χ2n) is 6.17. The van der Waals surface area contributed by atoms with Crippen molar-refractivity contribution in [1.29, 1.82) is 0 Å². The smallest absolute Gasteiger partial charge is 0.226 e. The van der Waals surface area contributed by atoms with Gasteiger partial charge in [0.05, 0.1) is 6.04 Å². The number of nitrogens with one attached hydrogen (secondary N) is 3. The van der Waals surface area contributed by atoms with E-state index < -0.39 is 0 Å². The highest BCUT2D eigenvalue weighted by molar-refractivity contribution is 5.82. The maximum absolute atomic E-state index is 12.6. The van der Waals surface area contributed by atoms with Crippen LogP contribution in [0, 0.1) is 11.3 Å². The third-order valence-electron chi connectivity index (χ3n) is 4.47. The number of hydrogen-bond donors (Lipinski definition) is 3. The van der Waals surface area contributed by atoms with Crippen LogP contribution in [-0.4, -0.2) is 29.0 Å². The zero-order valence-electron chi connectivity index (χ0n) is 12.7. The minimum Gasteiger partial charge on any atom is -0.347 e. The summed E-state index contributed by atoms with van der Waals surface area (Å²) in [7, 11) is 0. The summed E-state index contributed by atoms with van der Waals surface area (Å²) < 4.78 is 0. The van der Waals surface area contributed by atoms with E-state index >= 15 is 0 Å². The molecule has 2 heterocycles. The third kappa shape index (κ3) is 3.20. The van der Waals surface area contributed by atoms with E-state index in [2.05, 4.69) is 41.4 Å². The molecular weight excluding hydrogens is 252 g/mol. The molecule has 0 bridgehead atoms. The van der Waals surface area contributed by atoms with Gasteiger partial charge in [-0.2, -0.15) is 0 Å². The van der Waals surface area contributed by atoms with Gasteiger partial charge in [0, 0.05) is 17.8 Å². The number of rotatable bonds is 5. The molecule has 0 saturated carbocycles. The summed E-state index contributed by atoms with van der Waals surface area (Å²) in [4.78, 5) is 20.0. The van der Waals surface area contributed by atoms with Crippen LogP contribution in [0.4, 0.5) is 0 Å². The summed E-state index contributed by atoms with van der Waals surface area (Å²) in [5.41, 5.74) is -0.354. The number of amides is 1. The third-order valence-corrected chi connectivity index (χ3v) is 4.47. The Morgan fingerprint density at radius 3 is 2.95 bits per heavy atom. The standard InChI is InChI=1S/C15H26N4O/c1-4-12(13-17-8-9-18-13)19-14(20)15(2,3)11-6-5-7-16-10-11/h8-9,11-12,16H,4-7,10H2,1-3H3,(H,17,18)(H,19,20). The number of aromatic amines is 1. The monoisotopic (exact) mass is 278 g/mol. The van der Waals surface area contributed by atoms with Crippen LogP contribution in [0.3, 0.4) is 0 Å². The second kappa shape index (κ2) is 6.39. The van der Waals surface area contributed by atoms with Crippen molar-refractivity contribution in [2.75, 3.05) is 13.1 Å². The fourth-order valence-corrected chi connectivity index (χ4v) is 2.83. The average Bonchev–Trinajstić information content (AvgIpc) is 2.99. The first-order valence-electron chi connectivity index (χ1n) is 7.56. The molecule has 5 heteroatoms. The van der Waals surface area contributed by atoms with Gasteiger partial charge in [-0.3, -0.25) is 4.79 Å². The van der Waals surface area contributed by atoms with Gasteiger partial charge in [0.2, 0.25) is 5.91 Å². The van der Waals surface area contributed by atoms with Gasteiger partial charge in [-0.25, -0.2) is 4.98 Å². The Kier molecular flexibility index (Phi) is 4.81. The number of carbonyl (C=O) groups excluding carboxylic acids is 1. The predicted octanol–water partition coefficient (Wildman–Crippen LogP) is 2.00. The van der Waals surface area contributed by atoms with Crippen molar-refractivity contribution in [1.82, 2.24) is 20.6 Å². The molecule has 1 fully saturated rings. The van der Waals surface area contributed by atoms with Crippen LogP contribution in [0.2, 0.25) is 0 Å². The second-order valence-corrected chi connectivity index (χ2v) is 6.17. The Morgan fingerprint density at radius 1 is 1.60 bits per heavy atom. The van der Waals surface area contributed by atoms with Gasteiger partial charge in [-0.05, 0) is 38.3 Å². The zero-order valence-corrected chi connectivity index (χ0v) is 12.7. The van der Waals surface area contributed by atoms with Gasteiger partial charge in [-0.1, -0.05) is 20.8 Å². The van der Waals surface area contributed by atoms with Gasteiger partial charge < -0.3 is 15.6 Å². The Bertz CT molecular complexity index is 421. The summed E-state index contributed by atoms with van der Waals surface area (Å²) in [6, 6.07) is -0.0340. The zero-order chi connectivity index (χ0) is 14.6. The van der Waals surface area contributed by atoms with Gasteiger partial charge in [-0.15, -0.1) is 0 Å². The van der Waals surface area contributed by atoms with E-state index in [1.54, 1.807) is 12.4 Å². The summed E-state index contributed by atoms with van der Waals surface area (Å²) in [6.45, 7) is 8.16. The minimum absolute atomic E-state index is 0.0340. The lowest BCUT2D eigenvalue weighted by Gasteiger charge is -2.36. The summed E-state index contributed by atoms with van der Waals surface area (Å²) in [5, 5.41) is 6.54. The molecule has 112 valence electrons. The molecule has 1 aromatic heterocycles. The van der Waals surface area contributed by atoms with Crippen molar-refractivity contribution in [3.05, 3.63) is 18.2 Å². The molecule has 1 saturated heterocycles. The van der Waals surface area contributed by atoms with E-state index in [1.165, 1.54) is 0 Å². The van der Waals surface area contributed by atoms with E-state index in [1.807, 2.05) is 0 Å². The fourth-order valence-electron chi connectivity index (χ4n) is 2.83.